The Hall–Kier alpha value is -2.01. The van der Waals surface area contributed by atoms with Gasteiger partial charge in [-0.2, -0.15) is 0 Å². The predicted octanol–water partition coefficient (Wildman–Crippen LogP) is 2.35. The summed E-state index contributed by atoms with van der Waals surface area (Å²) in [4.78, 5) is 23.3. The van der Waals surface area contributed by atoms with Crippen molar-refractivity contribution in [3.05, 3.63) is 42.0 Å². The first-order valence-electron chi connectivity index (χ1n) is 5.11. The van der Waals surface area contributed by atoms with Gasteiger partial charge in [-0.25, -0.2) is 15.0 Å². The van der Waals surface area contributed by atoms with Gasteiger partial charge in [0.25, 0.3) is 0 Å². The summed E-state index contributed by atoms with van der Waals surface area (Å²) in [5, 5.41) is 2.85. The Morgan fingerprint density at radius 2 is 2.28 bits per heavy atom. The molecule has 1 N–H and O–H groups in total. The highest BCUT2D eigenvalue weighted by molar-refractivity contribution is 6.32. The van der Waals surface area contributed by atoms with Crippen LogP contribution in [-0.2, 0) is 4.79 Å². The average Bonchev–Trinajstić information content (AvgIpc) is 2.33. The number of aryl methyl sites for hydroxylation is 1. The molecule has 1 rings (SSSR count). The summed E-state index contributed by atoms with van der Waals surface area (Å²) in [6.07, 6.45) is 2.63. The lowest BCUT2D eigenvalue weighted by molar-refractivity contribution is -0.115. The molecular weight excluding hydrogens is 252 g/mol. The van der Waals surface area contributed by atoms with Crippen LogP contribution >= 0.6 is 11.6 Å². The van der Waals surface area contributed by atoms with Crippen LogP contribution in [0, 0.1) is 6.92 Å². The maximum Gasteiger partial charge on any atom is 0.247 e. The number of aliphatic imine (C=N–C) groups is 1. The van der Waals surface area contributed by atoms with Crippen LogP contribution in [0.4, 0.5) is 5.82 Å². The Bertz CT molecular complexity index is 537. The van der Waals surface area contributed by atoms with E-state index in [9.17, 15) is 4.79 Å². The first-order chi connectivity index (χ1) is 8.43. The fourth-order valence-corrected chi connectivity index (χ4v) is 1.17. The monoisotopic (exact) mass is 264 g/mol. The van der Waals surface area contributed by atoms with Crippen molar-refractivity contribution in [1.29, 1.82) is 0 Å². The summed E-state index contributed by atoms with van der Waals surface area (Å²) in [6, 6.07) is 0. The number of hydrogen-bond donors (Lipinski definition) is 1. The summed E-state index contributed by atoms with van der Waals surface area (Å²) >= 11 is 5.91. The second kappa shape index (κ2) is 6.07. The summed E-state index contributed by atoms with van der Waals surface area (Å²) < 4.78 is 0. The Kier molecular flexibility index (Phi) is 4.74. The highest BCUT2D eigenvalue weighted by Crippen LogP contribution is 2.21. The summed E-state index contributed by atoms with van der Waals surface area (Å²) in [7, 11) is 0. The fourth-order valence-electron chi connectivity index (χ4n) is 1.04. The smallest absolute Gasteiger partial charge is 0.247 e. The lowest BCUT2D eigenvalue weighted by Crippen LogP contribution is -2.23. The molecule has 18 heavy (non-hydrogen) atoms. The normalized spacial score (nSPS) is 10.9. The van der Waals surface area contributed by atoms with Gasteiger partial charge in [-0.15, -0.1) is 0 Å². The molecule has 0 bridgehead atoms. The van der Waals surface area contributed by atoms with Gasteiger partial charge < -0.3 is 5.32 Å². The van der Waals surface area contributed by atoms with Gasteiger partial charge in [-0.05, 0) is 19.9 Å². The number of allylic oxidation sites excluding steroid dienone is 1. The highest BCUT2D eigenvalue weighted by Gasteiger charge is 2.06. The number of aromatic nitrogens is 2. The largest absolute Gasteiger partial charge is 0.321 e. The van der Waals surface area contributed by atoms with Crippen molar-refractivity contribution >= 4 is 29.0 Å². The average molecular weight is 265 g/mol. The predicted molar refractivity (Wildman–Crippen MR) is 72.0 cm³/mol. The highest BCUT2D eigenvalue weighted by atomic mass is 35.5. The van der Waals surface area contributed by atoms with E-state index in [-0.39, 0.29) is 5.91 Å². The van der Waals surface area contributed by atoms with Crippen molar-refractivity contribution in [2.75, 3.05) is 0 Å². The van der Waals surface area contributed by atoms with E-state index < -0.39 is 0 Å². The number of carbonyl (C=O) groups excluding carboxylic acids is 1. The molecule has 0 saturated carbocycles. The van der Waals surface area contributed by atoms with Gasteiger partial charge in [0.1, 0.15) is 10.8 Å². The molecule has 0 aliphatic heterocycles. The van der Waals surface area contributed by atoms with Gasteiger partial charge in [0.15, 0.2) is 5.82 Å². The van der Waals surface area contributed by atoms with Crippen molar-refractivity contribution in [1.82, 2.24) is 15.3 Å². The van der Waals surface area contributed by atoms with Crippen LogP contribution in [0.1, 0.15) is 12.7 Å². The van der Waals surface area contributed by atoms with Gasteiger partial charge in [0.2, 0.25) is 5.91 Å². The molecule has 1 heterocycles. The first kappa shape index (κ1) is 14.1. The number of carbonyl (C=O) groups is 1. The van der Waals surface area contributed by atoms with Crippen molar-refractivity contribution in [3.8, 4) is 0 Å². The van der Waals surface area contributed by atoms with Crippen LogP contribution in [0.15, 0.2) is 36.1 Å². The summed E-state index contributed by atoms with van der Waals surface area (Å²) in [5.74, 6) is 0.557. The molecule has 1 aromatic rings. The first-order valence-corrected chi connectivity index (χ1v) is 5.49. The summed E-state index contributed by atoms with van der Waals surface area (Å²) in [5.41, 5.74) is 0.873. The van der Waals surface area contributed by atoms with Crippen LogP contribution in [0.25, 0.3) is 0 Å². The Morgan fingerprint density at radius 3 is 2.89 bits per heavy atom. The third-order valence-electron chi connectivity index (χ3n) is 2.02. The third-order valence-corrected chi connectivity index (χ3v) is 2.28. The molecule has 6 heteroatoms. The van der Waals surface area contributed by atoms with Crippen LogP contribution in [0.5, 0.6) is 0 Å². The van der Waals surface area contributed by atoms with Crippen LogP contribution < -0.4 is 5.32 Å². The SMILES string of the molecule is C=CC(=O)NC(=C)C(C)=Nc1nc(C)ncc1Cl. The molecule has 5 nitrogen and oxygen atoms in total. The topological polar surface area (TPSA) is 67.2 Å². The number of hydrogen-bond acceptors (Lipinski definition) is 4. The lowest BCUT2D eigenvalue weighted by Gasteiger charge is -2.06. The molecule has 0 fully saturated rings. The van der Waals surface area contributed by atoms with Crippen LogP contribution in [0.3, 0.4) is 0 Å². The quantitative estimate of drug-likeness (QED) is 0.670. The van der Waals surface area contributed by atoms with E-state index in [1.165, 1.54) is 6.20 Å². The van der Waals surface area contributed by atoms with Gasteiger partial charge in [0.05, 0.1) is 17.6 Å². The van der Waals surface area contributed by atoms with Gasteiger partial charge in [-0.3, -0.25) is 4.79 Å². The van der Waals surface area contributed by atoms with E-state index in [0.29, 0.717) is 28.1 Å². The maximum absolute atomic E-state index is 11.1. The minimum absolute atomic E-state index is 0.336. The zero-order valence-corrected chi connectivity index (χ0v) is 11.0. The molecule has 0 spiro atoms. The van der Waals surface area contributed by atoms with E-state index in [0.717, 1.165) is 6.08 Å². The number of halogens is 1. The van der Waals surface area contributed by atoms with Crippen LogP contribution in [0.2, 0.25) is 5.02 Å². The molecular formula is C12H13ClN4O. The van der Waals surface area contributed by atoms with Gasteiger partial charge in [0, 0.05) is 0 Å². The van der Waals surface area contributed by atoms with Crippen molar-refractivity contribution in [2.45, 2.75) is 13.8 Å². The number of nitrogens with zero attached hydrogens (tertiary/aromatic N) is 3. The molecule has 94 valence electrons. The molecule has 0 unspecified atom stereocenters. The summed E-state index contributed by atoms with van der Waals surface area (Å²) in [6.45, 7) is 10.5. The molecule has 0 atom stereocenters. The lowest BCUT2D eigenvalue weighted by atomic mass is 10.3. The molecule has 1 aromatic heterocycles. The van der Waals surface area contributed by atoms with Gasteiger partial charge in [-0.1, -0.05) is 24.8 Å². The van der Waals surface area contributed by atoms with E-state index in [2.05, 4.69) is 33.4 Å². The van der Waals surface area contributed by atoms with E-state index in [4.69, 9.17) is 11.6 Å². The standard InChI is InChI=1S/C12H13ClN4O/c1-5-11(18)15-7(2)8(3)16-12-10(13)6-14-9(4)17-12/h5-6H,1-2H2,3-4H3,(H,15,18). The Labute approximate surface area is 110 Å². The maximum atomic E-state index is 11.1. The number of amides is 1. The number of nitrogens with one attached hydrogen (secondary N) is 1. The zero-order valence-electron chi connectivity index (χ0n) is 10.2. The molecule has 0 aromatic carbocycles. The molecule has 0 radical (unpaired) electrons. The van der Waals surface area contributed by atoms with Crippen LogP contribution in [-0.4, -0.2) is 21.6 Å². The molecule has 1 amide bonds. The number of rotatable bonds is 4. The molecule has 0 aliphatic rings. The Morgan fingerprint density at radius 1 is 1.61 bits per heavy atom. The zero-order chi connectivity index (χ0) is 13.7. The minimum Gasteiger partial charge on any atom is -0.321 e. The second-order valence-corrected chi connectivity index (χ2v) is 3.87. The molecule has 0 aliphatic carbocycles. The minimum atomic E-state index is -0.348. The van der Waals surface area contributed by atoms with Crippen molar-refractivity contribution < 1.29 is 4.79 Å². The van der Waals surface area contributed by atoms with E-state index in [1.54, 1.807) is 13.8 Å². The van der Waals surface area contributed by atoms with Crippen molar-refractivity contribution in [2.24, 2.45) is 4.99 Å². The Balaban J connectivity index is 2.94. The van der Waals surface area contributed by atoms with Crippen molar-refractivity contribution in [3.63, 3.8) is 0 Å². The van der Waals surface area contributed by atoms with E-state index in [1.807, 2.05) is 0 Å². The van der Waals surface area contributed by atoms with E-state index >= 15 is 0 Å². The fraction of sp³-hybridized carbons (Fsp3) is 0.167. The second-order valence-electron chi connectivity index (χ2n) is 3.46. The molecule has 0 saturated heterocycles. The third kappa shape index (κ3) is 3.78. The van der Waals surface area contributed by atoms with Gasteiger partial charge >= 0.3 is 0 Å².